The number of benzene rings is 2. The second-order valence-electron chi connectivity index (χ2n) is 7.65. The Bertz CT molecular complexity index is 998. The van der Waals surface area contributed by atoms with Crippen LogP contribution in [0.25, 0.3) is 0 Å². The summed E-state index contributed by atoms with van der Waals surface area (Å²) in [6.45, 7) is 3.56. The molecule has 31 heavy (non-hydrogen) atoms. The Kier molecular flexibility index (Phi) is 5.97. The molecule has 2 aliphatic heterocycles. The molecule has 1 fully saturated rings. The van der Waals surface area contributed by atoms with Crippen molar-refractivity contribution < 1.29 is 14.4 Å². The van der Waals surface area contributed by atoms with E-state index in [1.54, 1.807) is 31.2 Å². The molecule has 0 saturated carbocycles. The van der Waals surface area contributed by atoms with Crippen molar-refractivity contribution in [3.05, 3.63) is 65.7 Å². The topological polar surface area (TPSA) is 94.1 Å². The monoisotopic (exact) mass is 419 g/mol. The van der Waals surface area contributed by atoms with Crippen molar-refractivity contribution in [1.29, 1.82) is 0 Å². The van der Waals surface area contributed by atoms with Crippen LogP contribution in [0, 0.1) is 0 Å². The molecule has 0 bridgehead atoms. The number of rotatable bonds is 5. The van der Waals surface area contributed by atoms with Gasteiger partial charge in [-0.2, -0.15) is 0 Å². The summed E-state index contributed by atoms with van der Waals surface area (Å²) in [6.07, 6.45) is 2.11. The van der Waals surface area contributed by atoms with Gasteiger partial charge in [0.25, 0.3) is 17.7 Å². The number of aliphatic imine (C=N–C) groups is 1. The minimum atomic E-state index is -0.668. The largest absolute Gasteiger partial charge is 0.345 e. The third-order valence-electron chi connectivity index (χ3n) is 5.39. The maximum Gasteiger partial charge on any atom is 0.288 e. The van der Waals surface area contributed by atoms with Crippen LogP contribution in [0.3, 0.4) is 0 Å². The van der Waals surface area contributed by atoms with Gasteiger partial charge in [-0.3, -0.25) is 19.8 Å². The van der Waals surface area contributed by atoms with Gasteiger partial charge in [-0.1, -0.05) is 30.3 Å². The number of carbonyl (C=O) groups is 3. The molecule has 3 amide bonds. The Hall–Kier alpha value is -3.68. The number of hydrogen-bond donors (Lipinski definition) is 2. The SMILES string of the molecule is C[C@H]1N=C(C(=O)NCc2ccc(C(=O)N3CCCC3)cc2)NN(c2ccccc2)C1=O. The van der Waals surface area contributed by atoms with Crippen molar-refractivity contribution >= 4 is 29.2 Å². The molecule has 0 aliphatic carbocycles. The van der Waals surface area contributed by atoms with Gasteiger partial charge in [0.05, 0.1) is 5.69 Å². The summed E-state index contributed by atoms with van der Waals surface area (Å²) in [5.74, 6) is -0.510. The lowest BCUT2D eigenvalue weighted by atomic mass is 10.1. The van der Waals surface area contributed by atoms with E-state index in [9.17, 15) is 14.4 Å². The van der Waals surface area contributed by atoms with Gasteiger partial charge in [0.2, 0.25) is 5.84 Å². The Balaban J connectivity index is 1.37. The van der Waals surface area contributed by atoms with Crippen LogP contribution in [-0.2, 0) is 16.1 Å². The molecule has 0 radical (unpaired) electrons. The van der Waals surface area contributed by atoms with E-state index in [0.717, 1.165) is 31.5 Å². The minimum Gasteiger partial charge on any atom is -0.345 e. The zero-order valence-electron chi connectivity index (χ0n) is 17.4. The first-order valence-corrected chi connectivity index (χ1v) is 10.4. The highest BCUT2D eigenvalue weighted by Gasteiger charge is 2.30. The van der Waals surface area contributed by atoms with Crippen molar-refractivity contribution in [3.8, 4) is 0 Å². The van der Waals surface area contributed by atoms with Crippen LogP contribution >= 0.6 is 0 Å². The highest BCUT2D eigenvalue weighted by atomic mass is 16.2. The predicted octanol–water partition coefficient (Wildman–Crippen LogP) is 1.88. The molecule has 2 heterocycles. The number of amidine groups is 1. The summed E-state index contributed by atoms with van der Waals surface area (Å²) in [6, 6.07) is 15.6. The lowest BCUT2D eigenvalue weighted by molar-refractivity contribution is -0.120. The van der Waals surface area contributed by atoms with Crippen molar-refractivity contribution in [2.75, 3.05) is 18.1 Å². The number of hydrazine groups is 1. The molecule has 1 atom stereocenters. The smallest absolute Gasteiger partial charge is 0.288 e. The fraction of sp³-hybridized carbons (Fsp3) is 0.304. The molecule has 0 aromatic heterocycles. The van der Waals surface area contributed by atoms with Gasteiger partial charge >= 0.3 is 0 Å². The number of nitrogens with zero attached hydrogens (tertiary/aromatic N) is 3. The Morgan fingerprint density at radius 3 is 2.42 bits per heavy atom. The number of carbonyl (C=O) groups excluding carboxylic acids is 3. The van der Waals surface area contributed by atoms with E-state index >= 15 is 0 Å². The summed E-state index contributed by atoms with van der Waals surface area (Å²) in [4.78, 5) is 43.6. The average Bonchev–Trinajstić information content (AvgIpc) is 3.34. The average molecular weight is 419 g/mol. The van der Waals surface area contributed by atoms with Crippen LogP contribution in [-0.4, -0.2) is 47.6 Å². The molecule has 2 aliphatic rings. The van der Waals surface area contributed by atoms with Gasteiger partial charge in [-0.25, -0.2) is 10.0 Å². The van der Waals surface area contributed by atoms with Gasteiger partial charge in [-0.05, 0) is 49.6 Å². The van der Waals surface area contributed by atoms with Gasteiger partial charge < -0.3 is 10.2 Å². The normalized spacial score (nSPS) is 18.4. The molecule has 160 valence electrons. The maximum atomic E-state index is 12.6. The quantitative estimate of drug-likeness (QED) is 0.774. The van der Waals surface area contributed by atoms with E-state index in [1.165, 1.54) is 5.01 Å². The number of nitrogens with one attached hydrogen (secondary N) is 2. The van der Waals surface area contributed by atoms with E-state index in [4.69, 9.17) is 0 Å². The second-order valence-corrected chi connectivity index (χ2v) is 7.65. The number of anilines is 1. The molecule has 8 nitrogen and oxygen atoms in total. The highest BCUT2D eigenvalue weighted by Crippen LogP contribution is 2.16. The molecular formula is C23H25N5O3. The Morgan fingerprint density at radius 1 is 1.06 bits per heavy atom. The first-order valence-electron chi connectivity index (χ1n) is 10.4. The van der Waals surface area contributed by atoms with Crippen LogP contribution in [0.2, 0.25) is 0 Å². The molecular weight excluding hydrogens is 394 g/mol. The molecule has 0 unspecified atom stereocenters. The third-order valence-corrected chi connectivity index (χ3v) is 5.39. The van der Waals surface area contributed by atoms with E-state index in [0.29, 0.717) is 11.3 Å². The summed E-state index contributed by atoms with van der Waals surface area (Å²) in [5, 5.41) is 4.15. The van der Waals surface area contributed by atoms with Gasteiger partial charge in [0, 0.05) is 25.2 Å². The first kappa shape index (κ1) is 20.6. The van der Waals surface area contributed by atoms with Gasteiger partial charge in [-0.15, -0.1) is 0 Å². The number of likely N-dealkylation sites (tertiary alicyclic amines) is 1. The third kappa shape index (κ3) is 4.58. The number of amides is 3. The zero-order chi connectivity index (χ0) is 21.8. The predicted molar refractivity (Wildman–Crippen MR) is 117 cm³/mol. The lowest BCUT2D eigenvalue weighted by Crippen LogP contribution is -2.57. The maximum absolute atomic E-state index is 12.6. The summed E-state index contributed by atoms with van der Waals surface area (Å²) < 4.78 is 0. The standard InChI is InChI=1S/C23H25N5O3/c1-16-22(30)28(19-7-3-2-4-8-19)26-20(25-16)21(29)24-15-17-9-11-18(12-10-17)23(31)27-13-5-6-14-27/h2-4,7-12,16H,5-6,13-15H2,1H3,(H,24,29)(H,25,26)/t16-/m1/s1. The molecule has 1 saturated heterocycles. The van der Waals surface area contributed by atoms with Crippen LogP contribution < -0.4 is 15.8 Å². The fourth-order valence-corrected chi connectivity index (χ4v) is 3.64. The van der Waals surface area contributed by atoms with Crippen LogP contribution in [0.15, 0.2) is 59.6 Å². The van der Waals surface area contributed by atoms with Crippen LogP contribution in [0.1, 0.15) is 35.7 Å². The lowest BCUT2D eigenvalue weighted by Gasteiger charge is -2.30. The molecule has 8 heteroatoms. The van der Waals surface area contributed by atoms with Crippen molar-refractivity contribution in [3.63, 3.8) is 0 Å². The van der Waals surface area contributed by atoms with Gasteiger partial charge in [0.15, 0.2) is 0 Å². The minimum absolute atomic E-state index is 0.0495. The van der Waals surface area contributed by atoms with Crippen molar-refractivity contribution in [1.82, 2.24) is 15.6 Å². The molecule has 4 rings (SSSR count). The molecule has 2 aromatic carbocycles. The Labute approximate surface area is 180 Å². The molecule has 0 spiro atoms. The van der Waals surface area contributed by atoms with E-state index in [1.807, 2.05) is 35.2 Å². The van der Waals surface area contributed by atoms with E-state index in [-0.39, 0.29) is 24.2 Å². The van der Waals surface area contributed by atoms with Crippen LogP contribution in [0.4, 0.5) is 5.69 Å². The summed E-state index contributed by atoms with van der Waals surface area (Å²) >= 11 is 0. The Morgan fingerprint density at radius 2 is 1.74 bits per heavy atom. The first-order chi connectivity index (χ1) is 15.0. The summed E-state index contributed by atoms with van der Waals surface area (Å²) in [5.41, 5.74) is 4.97. The molecule has 2 aromatic rings. The van der Waals surface area contributed by atoms with E-state index < -0.39 is 11.9 Å². The summed E-state index contributed by atoms with van der Waals surface area (Å²) in [7, 11) is 0. The van der Waals surface area contributed by atoms with Gasteiger partial charge in [0.1, 0.15) is 6.04 Å². The number of hydrogen-bond acceptors (Lipinski definition) is 5. The number of para-hydroxylation sites is 1. The highest BCUT2D eigenvalue weighted by molar-refractivity contribution is 6.39. The zero-order valence-corrected chi connectivity index (χ0v) is 17.4. The van der Waals surface area contributed by atoms with E-state index in [2.05, 4.69) is 15.7 Å². The molecule has 2 N–H and O–H groups in total. The van der Waals surface area contributed by atoms with Crippen molar-refractivity contribution in [2.45, 2.75) is 32.4 Å². The van der Waals surface area contributed by atoms with Crippen LogP contribution in [0.5, 0.6) is 0 Å². The van der Waals surface area contributed by atoms with Crippen molar-refractivity contribution in [2.24, 2.45) is 4.99 Å². The fourth-order valence-electron chi connectivity index (χ4n) is 3.64. The second kappa shape index (κ2) is 8.99.